The highest BCUT2D eigenvalue weighted by Gasteiger charge is 2.29. The molecule has 0 aliphatic carbocycles. The van der Waals surface area contributed by atoms with Crippen molar-refractivity contribution in [3.63, 3.8) is 0 Å². The lowest BCUT2D eigenvalue weighted by Gasteiger charge is -2.31. The third kappa shape index (κ3) is 6.81. The summed E-state index contributed by atoms with van der Waals surface area (Å²) in [5.41, 5.74) is 3.12. The Balaban J connectivity index is 1.75. The molecular formula is C27H31FO4. The van der Waals surface area contributed by atoms with Crippen LogP contribution in [0.15, 0.2) is 72.8 Å². The third-order valence-electron chi connectivity index (χ3n) is 5.63. The number of aryl methyl sites for hydroxylation is 1. The molecular weight excluding hydrogens is 407 g/mol. The maximum absolute atomic E-state index is 13.4. The Bertz CT molecular complexity index is 939. The Hall–Kier alpha value is -2.89. The second kappa shape index (κ2) is 11.7. The number of hydrogen-bond donors (Lipinski definition) is 1. The SMILES string of the molecule is COc1ccc(CO[C@@H](C)[C@H](Cc2ccc(F)cc2)[C@H](CO)Oc2ccc(C)cc2)cc1. The van der Waals surface area contributed by atoms with E-state index >= 15 is 0 Å². The van der Waals surface area contributed by atoms with Crippen LogP contribution in [0.1, 0.15) is 23.6 Å². The average Bonchev–Trinajstić information content (AvgIpc) is 2.82. The van der Waals surface area contributed by atoms with E-state index in [1.165, 1.54) is 12.1 Å². The molecule has 0 amide bonds. The van der Waals surface area contributed by atoms with Gasteiger partial charge in [-0.3, -0.25) is 0 Å². The van der Waals surface area contributed by atoms with Gasteiger partial charge in [0.1, 0.15) is 23.4 Å². The Morgan fingerprint density at radius 3 is 2.03 bits per heavy atom. The smallest absolute Gasteiger partial charge is 0.127 e. The largest absolute Gasteiger partial charge is 0.497 e. The van der Waals surface area contributed by atoms with Gasteiger partial charge in [-0.05, 0) is 67.8 Å². The lowest BCUT2D eigenvalue weighted by molar-refractivity contribution is -0.0415. The number of aliphatic hydroxyl groups is 1. The number of ether oxygens (including phenoxy) is 3. The van der Waals surface area contributed by atoms with Gasteiger partial charge in [-0.2, -0.15) is 0 Å². The van der Waals surface area contributed by atoms with Crippen molar-refractivity contribution >= 4 is 0 Å². The average molecular weight is 439 g/mol. The molecule has 170 valence electrons. The van der Waals surface area contributed by atoms with Gasteiger partial charge in [0, 0.05) is 5.92 Å². The molecule has 0 heterocycles. The van der Waals surface area contributed by atoms with Crippen molar-refractivity contribution in [1.29, 1.82) is 0 Å². The highest BCUT2D eigenvalue weighted by Crippen LogP contribution is 2.25. The van der Waals surface area contributed by atoms with Crippen LogP contribution in [0, 0.1) is 18.7 Å². The number of aliphatic hydroxyl groups excluding tert-OH is 1. The maximum Gasteiger partial charge on any atom is 0.127 e. The summed E-state index contributed by atoms with van der Waals surface area (Å²) in [6.07, 6.45) is -0.111. The van der Waals surface area contributed by atoms with Gasteiger partial charge in [0.2, 0.25) is 0 Å². The van der Waals surface area contributed by atoms with Crippen LogP contribution in [-0.2, 0) is 17.8 Å². The molecule has 0 saturated heterocycles. The van der Waals surface area contributed by atoms with E-state index in [-0.39, 0.29) is 24.4 Å². The minimum Gasteiger partial charge on any atom is -0.497 e. The lowest BCUT2D eigenvalue weighted by Crippen LogP contribution is -2.39. The lowest BCUT2D eigenvalue weighted by atomic mass is 9.89. The Morgan fingerprint density at radius 1 is 0.844 bits per heavy atom. The topological polar surface area (TPSA) is 47.9 Å². The van der Waals surface area contributed by atoms with Gasteiger partial charge >= 0.3 is 0 Å². The van der Waals surface area contributed by atoms with Crippen LogP contribution in [0.3, 0.4) is 0 Å². The predicted octanol–water partition coefficient (Wildman–Crippen LogP) is 5.35. The summed E-state index contributed by atoms with van der Waals surface area (Å²) in [6.45, 7) is 4.27. The summed E-state index contributed by atoms with van der Waals surface area (Å²) in [4.78, 5) is 0. The molecule has 3 aromatic carbocycles. The number of benzene rings is 3. The Labute approximate surface area is 189 Å². The van der Waals surface area contributed by atoms with Gasteiger partial charge in [-0.1, -0.05) is 42.0 Å². The molecule has 1 N–H and O–H groups in total. The zero-order chi connectivity index (χ0) is 22.9. The van der Waals surface area contributed by atoms with Crippen LogP contribution in [0.4, 0.5) is 4.39 Å². The van der Waals surface area contributed by atoms with Gasteiger partial charge in [0.25, 0.3) is 0 Å². The van der Waals surface area contributed by atoms with E-state index in [1.54, 1.807) is 19.2 Å². The zero-order valence-electron chi connectivity index (χ0n) is 18.8. The molecule has 0 unspecified atom stereocenters. The van der Waals surface area contributed by atoms with Crippen molar-refractivity contribution in [3.8, 4) is 11.5 Å². The fourth-order valence-electron chi connectivity index (χ4n) is 3.62. The second-order valence-electron chi connectivity index (χ2n) is 8.01. The highest BCUT2D eigenvalue weighted by molar-refractivity contribution is 5.27. The van der Waals surface area contributed by atoms with Gasteiger partial charge in [0.05, 0.1) is 26.4 Å². The second-order valence-corrected chi connectivity index (χ2v) is 8.01. The molecule has 0 saturated carbocycles. The van der Waals surface area contributed by atoms with Gasteiger partial charge in [-0.25, -0.2) is 4.39 Å². The zero-order valence-corrected chi connectivity index (χ0v) is 18.8. The molecule has 5 heteroatoms. The number of hydrogen-bond acceptors (Lipinski definition) is 4. The molecule has 0 aromatic heterocycles. The first-order valence-electron chi connectivity index (χ1n) is 10.8. The van der Waals surface area contributed by atoms with E-state index in [2.05, 4.69) is 0 Å². The van der Waals surface area contributed by atoms with E-state index in [0.717, 1.165) is 22.4 Å². The molecule has 0 radical (unpaired) electrons. The molecule has 0 aliphatic heterocycles. The Morgan fingerprint density at radius 2 is 1.44 bits per heavy atom. The highest BCUT2D eigenvalue weighted by atomic mass is 19.1. The van der Waals surface area contributed by atoms with Gasteiger partial charge in [0.15, 0.2) is 0 Å². The van der Waals surface area contributed by atoms with Crippen molar-refractivity contribution in [2.75, 3.05) is 13.7 Å². The molecule has 0 aliphatic rings. The molecule has 0 spiro atoms. The number of rotatable bonds is 11. The molecule has 3 atom stereocenters. The van der Waals surface area contributed by atoms with E-state index in [1.807, 2.05) is 62.4 Å². The quantitative estimate of drug-likeness (QED) is 0.439. The summed E-state index contributed by atoms with van der Waals surface area (Å²) in [5.74, 6) is 1.07. The molecule has 3 rings (SSSR count). The van der Waals surface area contributed by atoms with Crippen molar-refractivity contribution in [2.24, 2.45) is 5.92 Å². The molecule has 0 fully saturated rings. The van der Waals surface area contributed by atoms with Crippen molar-refractivity contribution in [1.82, 2.24) is 0 Å². The van der Waals surface area contributed by atoms with Crippen molar-refractivity contribution in [2.45, 2.75) is 39.1 Å². The van der Waals surface area contributed by atoms with E-state index in [9.17, 15) is 9.50 Å². The van der Waals surface area contributed by atoms with Gasteiger partial charge < -0.3 is 19.3 Å². The minimum atomic E-state index is -0.478. The monoisotopic (exact) mass is 438 g/mol. The summed E-state index contributed by atoms with van der Waals surface area (Å²) in [7, 11) is 1.64. The van der Waals surface area contributed by atoms with E-state index in [4.69, 9.17) is 14.2 Å². The van der Waals surface area contributed by atoms with E-state index in [0.29, 0.717) is 18.8 Å². The first kappa shape index (κ1) is 23.8. The van der Waals surface area contributed by atoms with Crippen LogP contribution < -0.4 is 9.47 Å². The fraction of sp³-hybridized carbons (Fsp3) is 0.333. The van der Waals surface area contributed by atoms with Crippen LogP contribution in [0.25, 0.3) is 0 Å². The molecule has 4 nitrogen and oxygen atoms in total. The first-order valence-corrected chi connectivity index (χ1v) is 10.8. The maximum atomic E-state index is 13.4. The Kier molecular flexibility index (Phi) is 8.65. The number of methoxy groups -OCH3 is 1. The van der Waals surface area contributed by atoms with Crippen LogP contribution in [-0.4, -0.2) is 31.0 Å². The standard InChI is InChI=1S/C27H31FO4/c1-19-4-12-25(13-5-19)32-27(17-29)26(16-21-6-10-23(28)11-7-21)20(2)31-18-22-8-14-24(30-3)15-9-22/h4-15,20,26-27,29H,16-18H2,1-3H3/t20-,26-,27-/m0/s1. The van der Waals surface area contributed by atoms with Crippen LogP contribution in [0.2, 0.25) is 0 Å². The summed E-state index contributed by atoms with van der Waals surface area (Å²) in [5, 5.41) is 10.2. The summed E-state index contributed by atoms with van der Waals surface area (Å²) >= 11 is 0. The first-order chi connectivity index (χ1) is 15.5. The molecule has 3 aromatic rings. The predicted molar refractivity (Wildman–Crippen MR) is 124 cm³/mol. The molecule has 0 bridgehead atoms. The van der Waals surface area contributed by atoms with Gasteiger partial charge in [-0.15, -0.1) is 0 Å². The van der Waals surface area contributed by atoms with Crippen LogP contribution >= 0.6 is 0 Å². The van der Waals surface area contributed by atoms with Crippen molar-refractivity contribution in [3.05, 3.63) is 95.3 Å². The summed E-state index contributed by atoms with van der Waals surface area (Å²) in [6, 6.07) is 21.9. The molecule has 32 heavy (non-hydrogen) atoms. The van der Waals surface area contributed by atoms with Crippen LogP contribution in [0.5, 0.6) is 11.5 Å². The minimum absolute atomic E-state index is 0.148. The number of halogens is 1. The van der Waals surface area contributed by atoms with E-state index < -0.39 is 6.10 Å². The van der Waals surface area contributed by atoms with Crippen molar-refractivity contribution < 1.29 is 23.7 Å². The normalized spacial score (nSPS) is 13.9. The third-order valence-corrected chi connectivity index (χ3v) is 5.63. The fourth-order valence-corrected chi connectivity index (χ4v) is 3.62. The summed E-state index contributed by atoms with van der Waals surface area (Å²) < 4.78 is 31.0.